The van der Waals surface area contributed by atoms with Crippen molar-refractivity contribution in [3.8, 4) is 28.7 Å². The fraction of sp³-hybridized carbons (Fsp3) is 0.613. The number of benzene rings is 2. The molecule has 37 heavy (non-hydrogen) atoms. The number of phenols is 4. The first kappa shape index (κ1) is 29.0. The molecule has 3 rings (SSSR count). The molecule has 2 aromatic carbocycles. The van der Waals surface area contributed by atoms with E-state index in [4.69, 9.17) is 9.47 Å². The minimum atomic E-state index is -0.535. The van der Waals surface area contributed by atoms with Crippen molar-refractivity contribution in [3.63, 3.8) is 0 Å². The van der Waals surface area contributed by atoms with Crippen LogP contribution >= 0.6 is 0 Å². The Morgan fingerprint density at radius 1 is 0.703 bits per heavy atom. The summed E-state index contributed by atoms with van der Waals surface area (Å²) < 4.78 is 12.4. The molecule has 0 amide bonds. The van der Waals surface area contributed by atoms with E-state index in [9.17, 15) is 20.4 Å². The summed E-state index contributed by atoms with van der Waals surface area (Å²) in [5.74, 6) is -0.129. The first-order valence-corrected chi connectivity index (χ1v) is 14.3. The van der Waals surface area contributed by atoms with Gasteiger partial charge in [0.15, 0.2) is 17.6 Å². The van der Waals surface area contributed by atoms with E-state index in [2.05, 4.69) is 6.92 Å². The van der Waals surface area contributed by atoms with Crippen LogP contribution in [0.25, 0.3) is 0 Å². The second-order valence-electron chi connectivity index (χ2n) is 10.4. The molecule has 0 aliphatic carbocycles. The first-order valence-electron chi connectivity index (χ1n) is 14.3. The summed E-state index contributed by atoms with van der Waals surface area (Å²) in [7, 11) is 0. The summed E-state index contributed by atoms with van der Waals surface area (Å²) in [6.07, 6.45) is 17.7. The number of ether oxygens (including phenoxy) is 2. The predicted molar refractivity (Wildman–Crippen MR) is 147 cm³/mol. The number of hydrogen-bond donors (Lipinski definition) is 4. The Labute approximate surface area is 222 Å². The van der Waals surface area contributed by atoms with Crippen LogP contribution in [0.1, 0.15) is 114 Å². The molecule has 1 aliphatic rings. The fourth-order valence-corrected chi connectivity index (χ4v) is 5.13. The molecule has 6 nitrogen and oxygen atoms in total. The summed E-state index contributed by atoms with van der Waals surface area (Å²) >= 11 is 0. The van der Waals surface area contributed by atoms with Crippen LogP contribution in [0.15, 0.2) is 30.3 Å². The van der Waals surface area contributed by atoms with E-state index in [0.717, 1.165) is 12.8 Å². The van der Waals surface area contributed by atoms with Crippen LogP contribution in [0.3, 0.4) is 0 Å². The Bertz CT molecular complexity index is 944. The zero-order valence-corrected chi connectivity index (χ0v) is 22.5. The summed E-state index contributed by atoms with van der Waals surface area (Å²) in [5, 5.41) is 39.9. The van der Waals surface area contributed by atoms with E-state index in [1.807, 2.05) is 0 Å². The van der Waals surface area contributed by atoms with E-state index < -0.39 is 6.10 Å². The molecule has 2 aromatic rings. The van der Waals surface area contributed by atoms with Crippen LogP contribution in [0.2, 0.25) is 0 Å². The van der Waals surface area contributed by atoms with Crippen molar-refractivity contribution >= 4 is 0 Å². The van der Waals surface area contributed by atoms with Crippen LogP contribution in [0.4, 0.5) is 0 Å². The Kier molecular flexibility index (Phi) is 12.2. The number of unbranched alkanes of at least 4 members (excludes halogenated alkanes) is 13. The minimum Gasteiger partial charge on any atom is -0.508 e. The van der Waals surface area contributed by atoms with Gasteiger partial charge in [0.25, 0.3) is 0 Å². The van der Waals surface area contributed by atoms with Crippen LogP contribution in [0, 0.1) is 0 Å². The quantitative estimate of drug-likeness (QED) is 0.126. The average molecular weight is 515 g/mol. The molecule has 0 radical (unpaired) electrons. The lowest BCUT2D eigenvalue weighted by atomic mass is 9.93. The molecule has 0 aromatic heterocycles. The van der Waals surface area contributed by atoms with Gasteiger partial charge in [0.1, 0.15) is 23.4 Å². The molecule has 0 saturated carbocycles. The third-order valence-electron chi connectivity index (χ3n) is 7.32. The van der Waals surface area contributed by atoms with Crippen LogP contribution < -0.4 is 4.74 Å². The molecular weight excluding hydrogens is 468 g/mol. The monoisotopic (exact) mass is 514 g/mol. The van der Waals surface area contributed by atoms with Crippen molar-refractivity contribution in [1.82, 2.24) is 0 Å². The van der Waals surface area contributed by atoms with Crippen LogP contribution in [-0.2, 0) is 11.2 Å². The number of fused-ring (bicyclic) bond motifs is 1. The third kappa shape index (κ3) is 9.33. The highest BCUT2D eigenvalue weighted by molar-refractivity contribution is 5.52. The lowest BCUT2D eigenvalue weighted by Crippen LogP contribution is -2.33. The Hall–Kier alpha value is -2.60. The van der Waals surface area contributed by atoms with Gasteiger partial charge in [-0.1, -0.05) is 96.5 Å². The van der Waals surface area contributed by atoms with Crippen molar-refractivity contribution in [3.05, 3.63) is 41.5 Å². The molecule has 0 spiro atoms. The average Bonchev–Trinajstić information content (AvgIpc) is 2.87. The van der Waals surface area contributed by atoms with Gasteiger partial charge in [-0.3, -0.25) is 0 Å². The Balaban J connectivity index is 1.38. The zero-order valence-electron chi connectivity index (χ0n) is 22.5. The molecule has 6 heteroatoms. The lowest BCUT2D eigenvalue weighted by Gasteiger charge is -2.34. The maximum atomic E-state index is 10.3. The topological polar surface area (TPSA) is 99.4 Å². The molecule has 2 atom stereocenters. The van der Waals surface area contributed by atoms with Crippen molar-refractivity contribution in [2.45, 2.75) is 115 Å². The van der Waals surface area contributed by atoms with E-state index >= 15 is 0 Å². The van der Waals surface area contributed by atoms with Gasteiger partial charge in [-0.2, -0.15) is 0 Å². The second kappa shape index (κ2) is 15.6. The maximum absolute atomic E-state index is 10.3. The molecule has 4 N–H and O–H groups in total. The standard InChI is InChI=1S/C31H46O6/c1-2-3-4-5-6-7-8-9-10-11-12-13-14-15-18-36-30-22-25-27(34)20-24(32)21-29(25)37-31(30)23-16-17-26(33)28(35)19-23/h16-17,19-21,30-35H,2-15,18,22H2,1H3/t30-,31-/m1/s1. The molecule has 0 bridgehead atoms. The fourth-order valence-electron chi connectivity index (χ4n) is 5.13. The highest BCUT2D eigenvalue weighted by Crippen LogP contribution is 2.43. The molecule has 0 unspecified atom stereocenters. The van der Waals surface area contributed by atoms with Gasteiger partial charge < -0.3 is 29.9 Å². The van der Waals surface area contributed by atoms with Gasteiger partial charge in [0.05, 0.1) is 0 Å². The van der Waals surface area contributed by atoms with Gasteiger partial charge in [-0.05, 0) is 24.1 Å². The highest BCUT2D eigenvalue weighted by Gasteiger charge is 2.34. The second-order valence-corrected chi connectivity index (χ2v) is 10.4. The predicted octanol–water partition coefficient (Wildman–Crippen LogP) is 8.05. The molecule has 1 aliphatic heterocycles. The SMILES string of the molecule is CCCCCCCCCCCCCCCCO[C@@H]1Cc2c(O)cc(O)cc2O[C@@H]1c1ccc(O)c(O)c1. The van der Waals surface area contributed by atoms with E-state index in [1.165, 1.54) is 101 Å². The van der Waals surface area contributed by atoms with Crippen molar-refractivity contribution < 1.29 is 29.9 Å². The normalized spacial score (nSPS) is 16.9. The van der Waals surface area contributed by atoms with Gasteiger partial charge in [0.2, 0.25) is 0 Å². The number of hydrogen-bond acceptors (Lipinski definition) is 6. The van der Waals surface area contributed by atoms with Gasteiger partial charge in [-0.25, -0.2) is 0 Å². The highest BCUT2D eigenvalue weighted by atomic mass is 16.5. The lowest BCUT2D eigenvalue weighted by molar-refractivity contribution is -0.0393. The summed E-state index contributed by atoms with van der Waals surface area (Å²) in [6.45, 7) is 2.85. The van der Waals surface area contributed by atoms with Crippen molar-refractivity contribution in [2.24, 2.45) is 0 Å². The zero-order chi connectivity index (χ0) is 26.5. The molecule has 1 heterocycles. The smallest absolute Gasteiger partial charge is 0.157 e. The first-order chi connectivity index (χ1) is 18.0. The van der Waals surface area contributed by atoms with E-state index in [1.54, 1.807) is 6.07 Å². The van der Waals surface area contributed by atoms with E-state index in [-0.39, 0.29) is 29.1 Å². The third-order valence-corrected chi connectivity index (χ3v) is 7.32. The van der Waals surface area contributed by atoms with E-state index in [0.29, 0.717) is 29.9 Å². The van der Waals surface area contributed by atoms with Gasteiger partial charge in [-0.15, -0.1) is 0 Å². The molecular formula is C31H46O6. The Morgan fingerprint density at radius 3 is 1.89 bits per heavy atom. The van der Waals surface area contributed by atoms with Gasteiger partial charge >= 0.3 is 0 Å². The van der Waals surface area contributed by atoms with Gasteiger partial charge in [0, 0.05) is 30.7 Å². The number of aromatic hydroxyl groups is 4. The maximum Gasteiger partial charge on any atom is 0.157 e. The van der Waals surface area contributed by atoms with Crippen LogP contribution in [0.5, 0.6) is 28.7 Å². The summed E-state index contributed by atoms with van der Waals surface area (Å²) in [5.41, 5.74) is 1.26. The number of rotatable bonds is 17. The molecule has 0 fully saturated rings. The number of phenolic OH excluding ortho intramolecular Hbond substituents is 4. The summed E-state index contributed by atoms with van der Waals surface area (Å²) in [4.78, 5) is 0. The Morgan fingerprint density at radius 2 is 1.30 bits per heavy atom. The summed E-state index contributed by atoms with van der Waals surface area (Å²) in [6, 6.07) is 7.37. The molecule has 0 saturated heterocycles. The van der Waals surface area contributed by atoms with Crippen LogP contribution in [-0.4, -0.2) is 33.1 Å². The molecule has 206 valence electrons. The van der Waals surface area contributed by atoms with Crippen molar-refractivity contribution in [1.29, 1.82) is 0 Å². The minimum absolute atomic E-state index is 0.0212. The largest absolute Gasteiger partial charge is 0.508 e. The van der Waals surface area contributed by atoms with Crippen molar-refractivity contribution in [2.75, 3.05) is 6.61 Å².